The van der Waals surface area contributed by atoms with Crippen LogP contribution in [0, 0.1) is 0 Å². The van der Waals surface area contributed by atoms with E-state index in [1.165, 1.54) is 18.4 Å². The molecule has 1 atom stereocenters. The maximum Gasteiger partial charge on any atom is 0.0771 e. The molecule has 2 N–H and O–H groups in total. The van der Waals surface area contributed by atoms with Gasteiger partial charge < -0.3 is 10.4 Å². The van der Waals surface area contributed by atoms with Gasteiger partial charge in [0.1, 0.15) is 0 Å². The van der Waals surface area contributed by atoms with E-state index in [2.05, 4.69) is 23.3 Å². The molecule has 1 aliphatic carbocycles. The average molecular weight is 248 g/mol. The second kappa shape index (κ2) is 6.30. The summed E-state index contributed by atoms with van der Waals surface area (Å²) < 4.78 is 0. The average Bonchev–Trinajstić information content (AvgIpc) is 2.62. The second-order valence-corrected chi connectivity index (χ2v) is 5.53. The zero-order chi connectivity index (χ0) is 12.8. The predicted octanol–water partition coefficient (Wildman–Crippen LogP) is 2.82. The van der Waals surface area contributed by atoms with Gasteiger partial charge in [-0.2, -0.15) is 0 Å². The van der Waals surface area contributed by atoms with E-state index in [1.807, 2.05) is 12.3 Å². The molecule has 0 amide bonds. The molecule has 0 saturated heterocycles. The van der Waals surface area contributed by atoms with Gasteiger partial charge >= 0.3 is 0 Å². The topological polar surface area (TPSA) is 45.1 Å². The third kappa shape index (κ3) is 3.79. The first kappa shape index (κ1) is 13.5. The highest BCUT2D eigenvalue weighted by Gasteiger charge is 2.28. The Kier molecular flexibility index (Phi) is 4.72. The molecule has 1 aliphatic rings. The van der Waals surface area contributed by atoms with Gasteiger partial charge in [-0.1, -0.05) is 31.7 Å². The van der Waals surface area contributed by atoms with E-state index in [0.717, 1.165) is 25.7 Å². The van der Waals surface area contributed by atoms with Gasteiger partial charge in [0.05, 0.1) is 5.60 Å². The van der Waals surface area contributed by atoms with Crippen molar-refractivity contribution >= 4 is 0 Å². The number of nitrogens with one attached hydrogen (secondary N) is 1. The van der Waals surface area contributed by atoms with E-state index in [-0.39, 0.29) is 6.04 Å². The van der Waals surface area contributed by atoms with Crippen molar-refractivity contribution in [2.24, 2.45) is 0 Å². The minimum absolute atomic E-state index is 0.242. The van der Waals surface area contributed by atoms with E-state index < -0.39 is 5.60 Å². The van der Waals surface area contributed by atoms with Gasteiger partial charge in [0.25, 0.3) is 0 Å². The highest BCUT2D eigenvalue weighted by atomic mass is 16.3. The Morgan fingerprint density at radius 3 is 2.67 bits per heavy atom. The summed E-state index contributed by atoms with van der Waals surface area (Å²) in [6.45, 7) is 2.81. The van der Waals surface area contributed by atoms with Gasteiger partial charge in [-0.3, -0.25) is 4.98 Å². The van der Waals surface area contributed by atoms with Crippen molar-refractivity contribution in [1.29, 1.82) is 0 Å². The third-order valence-corrected chi connectivity index (χ3v) is 3.96. The molecule has 2 rings (SSSR count). The molecule has 0 aliphatic heterocycles. The van der Waals surface area contributed by atoms with Gasteiger partial charge in [-0.15, -0.1) is 0 Å². The number of pyridine rings is 1. The first-order chi connectivity index (χ1) is 8.70. The van der Waals surface area contributed by atoms with Crippen LogP contribution in [0.1, 0.15) is 57.1 Å². The first-order valence-corrected chi connectivity index (χ1v) is 7.05. The lowest BCUT2D eigenvalue weighted by atomic mass is 9.94. The number of hydrogen-bond acceptors (Lipinski definition) is 3. The van der Waals surface area contributed by atoms with E-state index in [9.17, 15) is 5.11 Å². The molecule has 1 aromatic rings. The molecule has 0 spiro atoms. The number of rotatable bonds is 4. The Bertz CT molecular complexity index is 345. The quantitative estimate of drug-likeness (QED) is 0.805. The normalized spacial score (nSPS) is 21.2. The van der Waals surface area contributed by atoms with Crippen LogP contribution in [0.4, 0.5) is 0 Å². The number of nitrogens with zero attached hydrogens (tertiary/aromatic N) is 1. The van der Waals surface area contributed by atoms with Crippen LogP contribution in [0.5, 0.6) is 0 Å². The fraction of sp³-hybridized carbons (Fsp3) is 0.667. The van der Waals surface area contributed by atoms with Crippen molar-refractivity contribution in [3.05, 3.63) is 30.1 Å². The Hall–Kier alpha value is -0.930. The van der Waals surface area contributed by atoms with Crippen molar-refractivity contribution < 1.29 is 5.11 Å². The number of aromatic nitrogens is 1. The van der Waals surface area contributed by atoms with E-state index in [0.29, 0.717) is 6.54 Å². The molecule has 0 radical (unpaired) electrons. The molecule has 1 fully saturated rings. The lowest BCUT2D eigenvalue weighted by Crippen LogP contribution is -2.41. The van der Waals surface area contributed by atoms with Gasteiger partial charge in [0.15, 0.2) is 0 Å². The summed E-state index contributed by atoms with van der Waals surface area (Å²) in [7, 11) is 0. The molecular formula is C15H24N2O. The predicted molar refractivity (Wildman–Crippen MR) is 73.3 cm³/mol. The van der Waals surface area contributed by atoms with Crippen LogP contribution in [0.15, 0.2) is 24.5 Å². The maximum atomic E-state index is 10.6. The van der Waals surface area contributed by atoms with Crippen LogP contribution in [0.25, 0.3) is 0 Å². The van der Waals surface area contributed by atoms with Crippen molar-refractivity contribution in [2.75, 3.05) is 6.54 Å². The van der Waals surface area contributed by atoms with Gasteiger partial charge in [0, 0.05) is 25.0 Å². The molecule has 0 aromatic carbocycles. The fourth-order valence-corrected chi connectivity index (χ4v) is 2.66. The van der Waals surface area contributed by atoms with Crippen LogP contribution in [0.3, 0.4) is 0 Å². The van der Waals surface area contributed by atoms with Crippen molar-refractivity contribution in [3.63, 3.8) is 0 Å². The molecule has 18 heavy (non-hydrogen) atoms. The van der Waals surface area contributed by atoms with Crippen LogP contribution in [-0.4, -0.2) is 22.2 Å². The van der Waals surface area contributed by atoms with Gasteiger partial charge in [-0.05, 0) is 31.4 Å². The Labute approximate surface area is 110 Å². The van der Waals surface area contributed by atoms with E-state index in [4.69, 9.17) is 0 Å². The molecule has 100 valence electrons. The highest BCUT2D eigenvalue weighted by molar-refractivity contribution is 5.12. The summed E-state index contributed by atoms with van der Waals surface area (Å²) in [4.78, 5) is 4.13. The zero-order valence-corrected chi connectivity index (χ0v) is 11.2. The molecule has 1 saturated carbocycles. The smallest absolute Gasteiger partial charge is 0.0771 e. The van der Waals surface area contributed by atoms with Gasteiger partial charge in [0.2, 0.25) is 0 Å². The summed E-state index contributed by atoms with van der Waals surface area (Å²) in [5.74, 6) is 0. The summed E-state index contributed by atoms with van der Waals surface area (Å²) in [6.07, 6.45) is 10.4. The highest BCUT2D eigenvalue weighted by Crippen LogP contribution is 2.27. The lowest BCUT2D eigenvalue weighted by molar-refractivity contribution is 0.0231. The summed E-state index contributed by atoms with van der Waals surface area (Å²) in [6, 6.07) is 4.27. The number of aliphatic hydroxyl groups is 1. The van der Waals surface area contributed by atoms with E-state index in [1.54, 1.807) is 6.20 Å². The van der Waals surface area contributed by atoms with Crippen LogP contribution < -0.4 is 5.32 Å². The van der Waals surface area contributed by atoms with Crippen molar-refractivity contribution in [3.8, 4) is 0 Å². The standard InChI is InChI=1S/C15H24N2O/c1-13(14-7-6-10-16-11-14)17-12-15(18)8-4-2-3-5-9-15/h6-7,10-11,13,17-18H,2-5,8-9,12H2,1H3/t13-/m1/s1. The SMILES string of the molecule is C[C@@H](NCC1(O)CCCCCC1)c1cccnc1. The zero-order valence-electron chi connectivity index (χ0n) is 11.2. The maximum absolute atomic E-state index is 10.6. The Morgan fingerprint density at radius 1 is 1.33 bits per heavy atom. The lowest BCUT2D eigenvalue weighted by Gasteiger charge is -2.28. The largest absolute Gasteiger partial charge is 0.389 e. The summed E-state index contributed by atoms with van der Waals surface area (Å²) >= 11 is 0. The molecule has 0 bridgehead atoms. The molecule has 1 aromatic heterocycles. The minimum Gasteiger partial charge on any atom is -0.389 e. The molecule has 0 unspecified atom stereocenters. The Balaban J connectivity index is 1.86. The van der Waals surface area contributed by atoms with Crippen molar-refractivity contribution in [2.45, 2.75) is 57.1 Å². The summed E-state index contributed by atoms with van der Waals surface area (Å²) in [5.41, 5.74) is 0.669. The van der Waals surface area contributed by atoms with Crippen molar-refractivity contribution in [1.82, 2.24) is 10.3 Å². The first-order valence-electron chi connectivity index (χ1n) is 7.05. The van der Waals surface area contributed by atoms with Crippen LogP contribution in [-0.2, 0) is 0 Å². The second-order valence-electron chi connectivity index (χ2n) is 5.53. The molecule has 3 heteroatoms. The van der Waals surface area contributed by atoms with Crippen LogP contribution >= 0.6 is 0 Å². The molecule has 1 heterocycles. The monoisotopic (exact) mass is 248 g/mol. The fourth-order valence-electron chi connectivity index (χ4n) is 2.66. The van der Waals surface area contributed by atoms with E-state index >= 15 is 0 Å². The third-order valence-electron chi connectivity index (χ3n) is 3.96. The summed E-state index contributed by atoms with van der Waals surface area (Å²) in [5, 5.41) is 14.0. The molecular weight excluding hydrogens is 224 g/mol. The molecule has 3 nitrogen and oxygen atoms in total. The van der Waals surface area contributed by atoms with Gasteiger partial charge in [-0.25, -0.2) is 0 Å². The Morgan fingerprint density at radius 2 is 2.06 bits per heavy atom. The minimum atomic E-state index is -0.507. The number of hydrogen-bond donors (Lipinski definition) is 2. The van der Waals surface area contributed by atoms with Crippen LogP contribution in [0.2, 0.25) is 0 Å².